The number of ether oxygens (including phenoxy) is 1. The summed E-state index contributed by atoms with van der Waals surface area (Å²) in [6, 6.07) is 9.98. The fourth-order valence-electron chi connectivity index (χ4n) is 2.49. The van der Waals surface area contributed by atoms with E-state index >= 15 is 0 Å². The number of halogens is 1. The Morgan fingerprint density at radius 3 is 2.46 bits per heavy atom. The lowest BCUT2D eigenvalue weighted by atomic mass is 10.1. The van der Waals surface area contributed by atoms with Crippen LogP contribution in [0.25, 0.3) is 0 Å². The lowest BCUT2D eigenvalue weighted by molar-refractivity contribution is 0.0830. The number of para-hydroxylation sites is 1. The van der Waals surface area contributed by atoms with Crippen molar-refractivity contribution in [3.63, 3.8) is 0 Å². The number of nitrogens with zero attached hydrogens (tertiary/aromatic N) is 2. The number of hydrogen-bond acceptors (Lipinski definition) is 5. The van der Waals surface area contributed by atoms with Gasteiger partial charge in [-0.15, -0.1) is 0 Å². The Labute approximate surface area is 160 Å². The highest BCUT2D eigenvalue weighted by Crippen LogP contribution is 2.17. The van der Waals surface area contributed by atoms with Crippen molar-refractivity contribution in [1.29, 1.82) is 0 Å². The van der Waals surface area contributed by atoms with Crippen molar-refractivity contribution in [3.8, 4) is 5.75 Å². The summed E-state index contributed by atoms with van der Waals surface area (Å²) in [5, 5.41) is 0. The van der Waals surface area contributed by atoms with E-state index in [9.17, 15) is 22.4 Å². The third kappa shape index (κ3) is 3.61. The number of benzene rings is 2. The smallest absolute Gasteiger partial charge is 0.349 e. The van der Waals surface area contributed by atoms with Gasteiger partial charge in [0.25, 0.3) is 15.9 Å². The van der Waals surface area contributed by atoms with Crippen LogP contribution in [0.15, 0.2) is 64.5 Å². The standard InChI is InChI=1S/C19H17FN2O5S/c1-13-7-8-15(11-14(13)2)28(25,26)22-10-9-21(19(22)24)18(23)12-27-17-6-4-3-5-16(17)20/h3-11H,12H2,1-2H3. The zero-order chi connectivity index (χ0) is 20.5. The molecule has 0 aliphatic carbocycles. The zero-order valence-electron chi connectivity index (χ0n) is 15.1. The molecule has 9 heteroatoms. The molecule has 0 amide bonds. The molecule has 1 aromatic heterocycles. The third-order valence-electron chi connectivity index (χ3n) is 4.24. The van der Waals surface area contributed by atoms with Gasteiger partial charge in [-0.1, -0.05) is 18.2 Å². The molecular weight excluding hydrogens is 387 g/mol. The van der Waals surface area contributed by atoms with E-state index in [-0.39, 0.29) is 10.6 Å². The molecule has 0 aliphatic heterocycles. The summed E-state index contributed by atoms with van der Waals surface area (Å²) in [5.41, 5.74) is 0.604. The Kier molecular flexibility index (Phi) is 5.19. The molecule has 3 rings (SSSR count). The van der Waals surface area contributed by atoms with Crippen LogP contribution >= 0.6 is 0 Å². The van der Waals surface area contributed by atoms with E-state index in [0.29, 0.717) is 8.54 Å². The Morgan fingerprint density at radius 1 is 1.07 bits per heavy atom. The fourth-order valence-corrected chi connectivity index (χ4v) is 3.79. The number of carbonyl (C=O) groups excluding carboxylic acids is 1. The minimum absolute atomic E-state index is 0.0643. The summed E-state index contributed by atoms with van der Waals surface area (Å²) in [6.45, 7) is 2.96. The SMILES string of the molecule is Cc1ccc(S(=O)(=O)n2ccn(C(=O)COc3ccccc3F)c2=O)cc1C. The summed E-state index contributed by atoms with van der Waals surface area (Å²) in [5.74, 6) is -1.63. The number of rotatable bonds is 5. The molecule has 1 heterocycles. The van der Waals surface area contributed by atoms with E-state index in [0.717, 1.165) is 23.5 Å². The molecule has 0 fully saturated rings. The van der Waals surface area contributed by atoms with Crippen molar-refractivity contribution in [3.05, 3.63) is 82.3 Å². The van der Waals surface area contributed by atoms with Gasteiger partial charge in [-0.05, 0) is 49.2 Å². The minimum atomic E-state index is -4.17. The first-order chi connectivity index (χ1) is 13.2. The predicted octanol–water partition coefficient (Wildman–Crippen LogP) is 2.36. The summed E-state index contributed by atoms with van der Waals surface area (Å²) < 4.78 is 45.2. The largest absolute Gasteiger partial charge is 0.481 e. The van der Waals surface area contributed by atoms with Gasteiger partial charge in [0.2, 0.25) is 0 Å². The Balaban J connectivity index is 1.87. The van der Waals surface area contributed by atoms with Crippen LogP contribution in [0.5, 0.6) is 5.75 Å². The average molecular weight is 404 g/mol. The number of carbonyl (C=O) groups is 1. The van der Waals surface area contributed by atoms with Gasteiger partial charge in [0.05, 0.1) is 4.90 Å². The van der Waals surface area contributed by atoms with Crippen LogP contribution in [0.3, 0.4) is 0 Å². The molecule has 28 heavy (non-hydrogen) atoms. The highest BCUT2D eigenvalue weighted by Gasteiger charge is 2.23. The second-order valence-corrected chi connectivity index (χ2v) is 7.93. The molecular formula is C19H17FN2O5S. The van der Waals surface area contributed by atoms with Crippen LogP contribution in [-0.2, 0) is 10.0 Å². The van der Waals surface area contributed by atoms with Crippen LogP contribution in [0.4, 0.5) is 4.39 Å². The fraction of sp³-hybridized carbons (Fsp3) is 0.158. The first kappa shape index (κ1) is 19.6. The lowest BCUT2D eigenvalue weighted by Gasteiger charge is -2.08. The predicted molar refractivity (Wildman–Crippen MR) is 99.7 cm³/mol. The maximum Gasteiger partial charge on any atom is 0.349 e. The van der Waals surface area contributed by atoms with Gasteiger partial charge >= 0.3 is 5.69 Å². The van der Waals surface area contributed by atoms with Gasteiger partial charge in [-0.2, -0.15) is 3.97 Å². The summed E-state index contributed by atoms with van der Waals surface area (Å²) in [4.78, 5) is 24.6. The van der Waals surface area contributed by atoms with Crippen LogP contribution in [0.2, 0.25) is 0 Å². The van der Waals surface area contributed by atoms with Gasteiger partial charge in [0.1, 0.15) is 0 Å². The molecule has 0 bridgehead atoms. The monoisotopic (exact) mass is 404 g/mol. The van der Waals surface area contributed by atoms with E-state index in [4.69, 9.17) is 4.74 Å². The Bertz CT molecular complexity index is 1210. The van der Waals surface area contributed by atoms with Crippen molar-refractivity contribution in [2.24, 2.45) is 0 Å². The topological polar surface area (TPSA) is 87.4 Å². The minimum Gasteiger partial charge on any atom is -0.481 e. The van der Waals surface area contributed by atoms with Crippen LogP contribution < -0.4 is 10.4 Å². The molecule has 0 spiro atoms. The summed E-state index contributed by atoms with van der Waals surface area (Å²) in [6.07, 6.45) is 2.03. The van der Waals surface area contributed by atoms with E-state index < -0.39 is 34.0 Å². The molecule has 3 aromatic rings. The second kappa shape index (κ2) is 7.43. The van der Waals surface area contributed by atoms with Gasteiger partial charge in [0, 0.05) is 12.4 Å². The molecule has 0 N–H and O–H groups in total. The molecule has 0 radical (unpaired) electrons. The molecule has 0 atom stereocenters. The molecule has 146 valence electrons. The Hall–Kier alpha value is -3.20. The molecule has 0 aliphatic rings. The number of aromatic nitrogens is 2. The molecule has 0 saturated heterocycles. The van der Waals surface area contributed by atoms with Gasteiger partial charge in [-0.3, -0.25) is 4.79 Å². The van der Waals surface area contributed by atoms with Crippen LogP contribution in [0.1, 0.15) is 15.9 Å². The van der Waals surface area contributed by atoms with E-state index in [2.05, 4.69) is 0 Å². The van der Waals surface area contributed by atoms with E-state index in [1.165, 1.54) is 36.4 Å². The maximum absolute atomic E-state index is 13.5. The zero-order valence-corrected chi connectivity index (χ0v) is 15.9. The summed E-state index contributed by atoms with van der Waals surface area (Å²) >= 11 is 0. The summed E-state index contributed by atoms with van der Waals surface area (Å²) in [7, 11) is -4.17. The molecule has 0 unspecified atom stereocenters. The first-order valence-corrected chi connectivity index (χ1v) is 9.69. The third-order valence-corrected chi connectivity index (χ3v) is 5.88. The first-order valence-electron chi connectivity index (χ1n) is 8.25. The van der Waals surface area contributed by atoms with Crippen molar-refractivity contribution in [2.45, 2.75) is 18.7 Å². The Morgan fingerprint density at radius 2 is 1.79 bits per heavy atom. The van der Waals surface area contributed by atoms with Gasteiger partial charge in [0.15, 0.2) is 18.2 Å². The van der Waals surface area contributed by atoms with Crippen molar-refractivity contribution >= 4 is 15.9 Å². The van der Waals surface area contributed by atoms with E-state index in [1.54, 1.807) is 13.0 Å². The number of imidazole rings is 1. The van der Waals surface area contributed by atoms with E-state index in [1.807, 2.05) is 6.92 Å². The molecule has 0 saturated carbocycles. The highest BCUT2D eigenvalue weighted by molar-refractivity contribution is 7.90. The maximum atomic E-state index is 13.5. The van der Waals surface area contributed by atoms with Crippen LogP contribution in [0, 0.1) is 19.7 Å². The van der Waals surface area contributed by atoms with Crippen molar-refractivity contribution in [1.82, 2.24) is 8.54 Å². The van der Waals surface area contributed by atoms with Crippen LogP contribution in [-0.4, -0.2) is 29.5 Å². The van der Waals surface area contributed by atoms with Gasteiger partial charge in [-0.25, -0.2) is 22.2 Å². The lowest BCUT2D eigenvalue weighted by Crippen LogP contribution is -2.34. The van der Waals surface area contributed by atoms with Crippen molar-refractivity contribution < 1.29 is 22.3 Å². The molecule has 7 nitrogen and oxygen atoms in total. The number of hydrogen-bond donors (Lipinski definition) is 0. The molecule has 2 aromatic carbocycles. The quantitative estimate of drug-likeness (QED) is 0.652. The normalized spacial score (nSPS) is 11.4. The van der Waals surface area contributed by atoms with Crippen molar-refractivity contribution in [2.75, 3.05) is 6.61 Å². The highest BCUT2D eigenvalue weighted by atomic mass is 32.2. The second-order valence-electron chi connectivity index (χ2n) is 6.11. The number of aryl methyl sites for hydroxylation is 2. The average Bonchev–Trinajstić information content (AvgIpc) is 3.05. The van der Waals surface area contributed by atoms with Gasteiger partial charge < -0.3 is 4.74 Å².